The number of ether oxygens (including phenoxy) is 2. The standard InChI is InChI=1S/C16H25NO2/c1-12-6-8-13(9-7-12)16(17)11-19-15-5-3-4-14(10-15)18-2/h6-9,14-16H,3-5,10-11,17H2,1-2H3. The van der Waals surface area contributed by atoms with Crippen molar-refractivity contribution in [2.24, 2.45) is 5.73 Å². The fraction of sp³-hybridized carbons (Fsp3) is 0.625. The second kappa shape index (κ2) is 7.04. The predicted molar refractivity (Wildman–Crippen MR) is 77.1 cm³/mol. The van der Waals surface area contributed by atoms with Gasteiger partial charge in [0.25, 0.3) is 0 Å². The number of hydrogen-bond donors (Lipinski definition) is 1. The van der Waals surface area contributed by atoms with Gasteiger partial charge in [-0.3, -0.25) is 0 Å². The van der Waals surface area contributed by atoms with Crippen LogP contribution in [-0.4, -0.2) is 25.9 Å². The minimum atomic E-state index is -0.0384. The molecular formula is C16H25NO2. The van der Waals surface area contributed by atoms with Crippen LogP contribution in [0, 0.1) is 6.92 Å². The van der Waals surface area contributed by atoms with E-state index in [1.165, 1.54) is 12.0 Å². The van der Waals surface area contributed by atoms with Gasteiger partial charge in [0.2, 0.25) is 0 Å². The van der Waals surface area contributed by atoms with Crippen LogP contribution in [0.3, 0.4) is 0 Å². The summed E-state index contributed by atoms with van der Waals surface area (Å²) >= 11 is 0. The molecule has 106 valence electrons. The van der Waals surface area contributed by atoms with Crippen molar-refractivity contribution in [3.05, 3.63) is 35.4 Å². The fourth-order valence-corrected chi connectivity index (χ4v) is 2.62. The molecular weight excluding hydrogens is 238 g/mol. The molecule has 0 saturated heterocycles. The summed E-state index contributed by atoms with van der Waals surface area (Å²) in [5, 5.41) is 0. The van der Waals surface area contributed by atoms with Crippen LogP contribution in [0.4, 0.5) is 0 Å². The molecule has 0 aromatic heterocycles. The molecule has 1 fully saturated rings. The van der Waals surface area contributed by atoms with Crippen molar-refractivity contribution in [1.82, 2.24) is 0 Å². The lowest BCUT2D eigenvalue weighted by Gasteiger charge is -2.29. The van der Waals surface area contributed by atoms with Gasteiger partial charge in [-0.15, -0.1) is 0 Å². The molecule has 1 aromatic carbocycles. The molecule has 19 heavy (non-hydrogen) atoms. The summed E-state index contributed by atoms with van der Waals surface area (Å²) in [4.78, 5) is 0. The third kappa shape index (κ3) is 4.30. The number of benzene rings is 1. The van der Waals surface area contributed by atoms with Crippen molar-refractivity contribution in [3.8, 4) is 0 Å². The van der Waals surface area contributed by atoms with Gasteiger partial charge < -0.3 is 15.2 Å². The third-order valence-corrected chi connectivity index (χ3v) is 3.93. The molecule has 0 heterocycles. The molecule has 3 nitrogen and oxygen atoms in total. The fourth-order valence-electron chi connectivity index (χ4n) is 2.62. The van der Waals surface area contributed by atoms with Gasteiger partial charge in [0.1, 0.15) is 0 Å². The van der Waals surface area contributed by atoms with E-state index in [0.717, 1.165) is 24.8 Å². The molecule has 3 atom stereocenters. The van der Waals surface area contributed by atoms with E-state index in [0.29, 0.717) is 18.8 Å². The Labute approximate surface area is 116 Å². The first-order chi connectivity index (χ1) is 9.19. The van der Waals surface area contributed by atoms with Crippen LogP contribution < -0.4 is 5.73 Å². The number of nitrogens with two attached hydrogens (primary N) is 1. The number of rotatable bonds is 5. The van der Waals surface area contributed by atoms with E-state index in [1.807, 2.05) is 0 Å². The monoisotopic (exact) mass is 263 g/mol. The highest BCUT2D eigenvalue weighted by molar-refractivity contribution is 5.23. The smallest absolute Gasteiger partial charge is 0.0663 e. The highest BCUT2D eigenvalue weighted by Crippen LogP contribution is 2.24. The molecule has 0 aliphatic heterocycles. The zero-order valence-electron chi connectivity index (χ0n) is 12.0. The Hall–Kier alpha value is -0.900. The van der Waals surface area contributed by atoms with Gasteiger partial charge in [-0.25, -0.2) is 0 Å². The van der Waals surface area contributed by atoms with E-state index in [9.17, 15) is 0 Å². The Morgan fingerprint density at radius 2 is 1.89 bits per heavy atom. The molecule has 3 unspecified atom stereocenters. The Morgan fingerprint density at radius 3 is 2.58 bits per heavy atom. The lowest BCUT2D eigenvalue weighted by atomic mass is 9.95. The highest BCUT2D eigenvalue weighted by Gasteiger charge is 2.22. The Morgan fingerprint density at radius 1 is 1.21 bits per heavy atom. The minimum absolute atomic E-state index is 0.0384. The molecule has 0 amide bonds. The number of aryl methyl sites for hydroxylation is 1. The summed E-state index contributed by atoms with van der Waals surface area (Å²) < 4.78 is 11.4. The van der Waals surface area contributed by atoms with Crippen molar-refractivity contribution in [3.63, 3.8) is 0 Å². The van der Waals surface area contributed by atoms with Gasteiger partial charge in [-0.1, -0.05) is 29.8 Å². The van der Waals surface area contributed by atoms with E-state index >= 15 is 0 Å². The lowest BCUT2D eigenvalue weighted by Crippen LogP contribution is -2.30. The van der Waals surface area contributed by atoms with Gasteiger partial charge in [-0.05, 0) is 38.2 Å². The van der Waals surface area contributed by atoms with E-state index < -0.39 is 0 Å². The predicted octanol–water partition coefficient (Wildman–Crippen LogP) is 2.97. The molecule has 2 N–H and O–H groups in total. The van der Waals surface area contributed by atoms with E-state index in [1.54, 1.807) is 7.11 Å². The first kappa shape index (κ1) is 14.5. The SMILES string of the molecule is COC1CCCC(OCC(N)c2ccc(C)cc2)C1. The molecule has 2 rings (SSSR count). The number of hydrogen-bond acceptors (Lipinski definition) is 3. The Kier molecular flexibility index (Phi) is 5.37. The summed E-state index contributed by atoms with van der Waals surface area (Å²) in [6, 6.07) is 8.32. The van der Waals surface area contributed by atoms with Gasteiger partial charge >= 0.3 is 0 Å². The van der Waals surface area contributed by atoms with Crippen LogP contribution in [0.2, 0.25) is 0 Å². The maximum Gasteiger partial charge on any atom is 0.0663 e. The second-order valence-electron chi connectivity index (χ2n) is 5.50. The summed E-state index contributed by atoms with van der Waals surface area (Å²) in [6.45, 7) is 2.67. The van der Waals surface area contributed by atoms with Crippen molar-refractivity contribution in [2.75, 3.05) is 13.7 Å². The van der Waals surface area contributed by atoms with Crippen LogP contribution in [0.5, 0.6) is 0 Å². The molecule has 0 bridgehead atoms. The van der Waals surface area contributed by atoms with Crippen LogP contribution in [0.1, 0.15) is 42.9 Å². The zero-order valence-corrected chi connectivity index (χ0v) is 12.0. The molecule has 3 heteroatoms. The quantitative estimate of drug-likeness (QED) is 0.888. The molecule has 1 saturated carbocycles. The Bertz CT molecular complexity index is 377. The van der Waals surface area contributed by atoms with Gasteiger partial charge in [0.15, 0.2) is 0 Å². The summed E-state index contributed by atoms with van der Waals surface area (Å²) in [6.07, 6.45) is 5.12. The highest BCUT2D eigenvalue weighted by atomic mass is 16.5. The zero-order chi connectivity index (χ0) is 13.7. The van der Waals surface area contributed by atoms with Crippen molar-refractivity contribution < 1.29 is 9.47 Å². The minimum Gasteiger partial charge on any atom is -0.381 e. The Balaban J connectivity index is 1.79. The largest absolute Gasteiger partial charge is 0.381 e. The molecule has 1 aromatic rings. The topological polar surface area (TPSA) is 44.5 Å². The van der Waals surface area contributed by atoms with Crippen LogP contribution in [0.15, 0.2) is 24.3 Å². The maximum atomic E-state index is 6.17. The third-order valence-electron chi connectivity index (χ3n) is 3.93. The average molecular weight is 263 g/mol. The summed E-state index contributed by atoms with van der Waals surface area (Å²) in [5.41, 5.74) is 8.57. The molecule has 1 aliphatic rings. The van der Waals surface area contributed by atoms with Crippen molar-refractivity contribution >= 4 is 0 Å². The lowest BCUT2D eigenvalue weighted by molar-refractivity contribution is -0.0332. The van der Waals surface area contributed by atoms with Crippen molar-refractivity contribution in [1.29, 1.82) is 0 Å². The molecule has 0 radical (unpaired) electrons. The number of methoxy groups -OCH3 is 1. The van der Waals surface area contributed by atoms with Gasteiger partial charge in [0, 0.05) is 7.11 Å². The van der Waals surface area contributed by atoms with Crippen LogP contribution in [-0.2, 0) is 9.47 Å². The van der Waals surface area contributed by atoms with E-state index in [2.05, 4.69) is 31.2 Å². The second-order valence-corrected chi connectivity index (χ2v) is 5.50. The summed E-state index contributed by atoms with van der Waals surface area (Å²) in [7, 11) is 1.78. The van der Waals surface area contributed by atoms with Gasteiger partial charge in [-0.2, -0.15) is 0 Å². The normalized spacial score (nSPS) is 25.2. The average Bonchev–Trinajstić information content (AvgIpc) is 2.46. The molecule has 0 spiro atoms. The van der Waals surface area contributed by atoms with Crippen LogP contribution in [0.25, 0.3) is 0 Å². The van der Waals surface area contributed by atoms with E-state index in [-0.39, 0.29) is 6.04 Å². The van der Waals surface area contributed by atoms with Crippen LogP contribution >= 0.6 is 0 Å². The summed E-state index contributed by atoms with van der Waals surface area (Å²) in [5.74, 6) is 0. The maximum absolute atomic E-state index is 6.17. The van der Waals surface area contributed by atoms with Crippen molar-refractivity contribution in [2.45, 2.75) is 50.9 Å². The first-order valence-electron chi connectivity index (χ1n) is 7.15. The molecule has 1 aliphatic carbocycles. The van der Waals surface area contributed by atoms with Gasteiger partial charge in [0.05, 0.1) is 24.9 Å². The first-order valence-corrected chi connectivity index (χ1v) is 7.15. The van der Waals surface area contributed by atoms with E-state index in [4.69, 9.17) is 15.2 Å².